The molecule has 0 aromatic heterocycles. The van der Waals surface area contributed by atoms with Gasteiger partial charge in [-0.3, -0.25) is 4.79 Å². The van der Waals surface area contributed by atoms with E-state index in [1.807, 2.05) is 93.3 Å². The van der Waals surface area contributed by atoms with Crippen LogP contribution in [0.2, 0.25) is 0 Å². The second-order valence-corrected chi connectivity index (χ2v) is 6.12. The van der Waals surface area contributed by atoms with Crippen molar-refractivity contribution in [2.75, 3.05) is 27.2 Å². The van der Waals surface area contributed by atoms with Gasteiger partial charge >= 0.3 is 6.03 Å². The Kier molecular flexibility index (Phi) is 16.1. The minimum absolute atomic E-state index is 0.119. The van der Waals surface area contributed by atoms with E-state index in [0.29, 0.717) is 0 Å². The molecule has 0 unspecified atom stereocenters. The Hall–Kier alpha value is -3.02. The van der Waals surface area contributed by atoms with Crippen molar-refractivity contribution in [1.82, 2.24) is 15.5 Å². The normalized spacial score (nSPS) is 12.4. The van der Waals surface area contributed by atoms with Crippen LogP contribution in [0, 0.1) is 0 Å². The molecule has 1 fully saturated rings. The van der Waals surface area contributed by atoms with Crippen molar-refractivity contribution >= 4 is 11.9 Å². The van der Waals surface area contributed by atoms with Crippen LogP contribution in [0.15, 0.2) is 60.7 Å². The molecule has 2 N–H and O–H groups in total. The fraction of sp³-hybridized carbons (Fsp3) is 0.440. The van der Waals surface area contributed by atoms with Crippen LogP contribution in [0.4, 0.5) is 4.79 Å². The van der Waals surface area contributed by atoms with E-state index < -0.39 is 0 Å². The average Bonchev–Trinajstić information content (AvgIpc) is 2.87. The van der Waals surface area contributed by atoms with E-state index in [9.17, 15) is 9.59 Å². The number of carbonyl (C=O) groups excluding carboxylic acids is 2. The highest BCUT2D eigenvalue weighted by Crippen LogP contribution is 2.19. The minimum atomic E-state index is -0.157. The first kappa shape index (κ1) is 28.0. The number of rotatable bonds is 3. The maximum Gasteiger partial charge on any atom is 0.314 e. The zero-order chi connectivity index (χ0) is 23.5. The Balaban J connectivity index is 0.000000771. The number of hydrogen-bond donors (Lipinski definition) is 2. The van der Waals surface area contributed by atoms with Gasteiger partial charge in [0.2, 0.25) is 0 Å². The van der Waals surface area contributed by atoms with Gasteiger partial charge in [0.1, 0.15) is 11.9 Å². The first-order valence-electron chi connectivity index (χ1n) is 11.1. The maximum absolute atomic E-state index is 12.3. The molecule has 3 amide bonds. The molecule has 1 saturated heterocycles. The summed E-state index contributed by atoms with van der Waals surface area (Å²) >= 11 is 0. The van der Waals surface area contributed by atoms with Crippen molar-refractivity contribution < 1.29 is 14.3 Å². The lowest BCUT2D eigenvalue weighted by Gasteiger charge is -2.32. The van der Waals surface area contributed by atoms with Gasteiger partial charge in [-0.2, -0.15) is 0 Å². The van der Waals surface area contributed by atoms with E-state index in [-0.39, 0.29) is 18.0 Å². The molecule has 1 heterocycles. The summed E-state index contributed by atoms with van der Waals surface area (Å²) in [4.78, 5) is 24.2. The Morgan fingerprint density at radius 3 is 1.68 bits per heavy atom. The molecule has 2 aromatic carbocycles. The highest BCUT2D eigenvalue weighted by atomic mass is 16.5. The molecule has 1 aliphatic heterocycles. The number of amides is 3. The first-order chi connectivity index (χ1) is 15.1. The number of nitrogens with zero attached hydrogens (tertiary/aromatic N) is 1. The number of ether oxygens (including phenoxy) is 1. The molecule has 6 heteroatoms. The van der Waals surface area contributed by atoms with E-state index in [1.165, 1.54) is 0 Å². The topological polar surface area (TPSA) is 70.7 Å². The van der Waals surface area contributed by atoms with Gasteiger partial charge in [0.25, 0.3) is 5.91 Å². The van der Waals surface area contributed by atoms with Gasteiger partial charge in [0.05, 0.1) is 0 Å². The van der Waals surface area contributed by atoms with Gasteiger partial charge in [-0.15, -0.1) is 0 Å². The third-order valence-electron chi connectivity index (χ3n) is 4.25. The molecule has 2 aromatic rings. The Morgan fingerprint density at radius 1 is 0.806 bits per heavy atom. The van der Waals surface area contributed by atoms with Crippen molar-refractivity contribution in [2.24, 2.45) is 0 Å². The molecule has 3 rings (SSSR count). The van der Waals surface area contributed by atoms with Gasteiger partial charge < -0.3 is 20.3 Å². The molecule has 6 nitrogen and oxygen atoms in total. The van der Waals surface area contributed by atoms with Crippen LogP contribution in [0.5, 0.6) is 5.75 Å². The molecule has 0 aliphatic carbocycles. The standard InChI is InChI=1S/C18H19NO2.C3H8N2O.2C2H6/c20-18(15-7-3-1-4-8-15)19-13-11-17(12-14-19)21-16-9-5-2-6-10-16;1-4-3(6)5-2;2*1-2/h1-10,17H,11-14H2;1-2H3,(H2,4,5,6);2*1-2H3. The summed E-state index contributed by atoms with van der Waals surface area (Å²) in [6.07, 6.45) is 1.97. The van der Waals surface area contributed by atoms with Crippen LogP contribution in [-0.2, 0) is 0 Å². The summed E-state index contributed by atoms with van der Waals surface area (Å²) in [5.74, 6) is 1.03. The van der Waals surface area contributed by atoms with E-state index in [0.717, 1.165) is 37.2 Å². The van der Waals surface area contributed by atoms with Gasteiger partial charge in [-0.1, -0.05) is 64.1 Å². The molecule has 0 saturated carbocycles. The molecule has 0 radical (unpaired) electrons. The van der Waals surface area contributed by atoms with E-state index in [4.69, 9.17) is 4.74 Å². The molecular weight excluding hydrogens is 390 g/mol. The Morgan fingerprint density at radius 2 is 1.26 bits per heavy atom. The van der Waals surface area contributed by atoms with Crippen LogP contribution < -0.4 is 15.4 Å². The minimum Gasteiger partial charge on any atom is -0.490 e. The summed E-state index contributed by atoms with van der Waals surface area (Å²) in [7, 11) is 3.14. The van der Waals surface area contributed by atoms with Gasteiger partial charge in [0, 0.05) is 45.6 Å². The van der Waals surface area contributed by atoms with Crippen molar-refractivity contribution in [3.63, 3.8) is 0 Å². The monoisotopic (exact) mass is 429 g/mol. The Labute approximate surface area is 188 Å². The number of urea groups is 1. The third kappa shape index (κ3) is 11.1. The molecule has 1 aliphatic rings. The number of benzene rings is 2. The average molecular weight is 430 g/mol. The third-order valence-corrected chi connectivity index (χ3v) is 4.25. The maximum atomic E-state index is 12.3. The van der Waals surface area contributed by atoms with Crippen LogP contribution in [0.1, 0.15) is 50.9 Å². The summed E-state index contributed by atoms with van der Waals surface area (Å²) < 4.78 is 5.95. The van der Waals surface area contributed by atoms with Crippen LogP contribution in [0.3, 0.4) is 0 Å². The summed E-state index contributed by atoms with van der Waals surface area (Å²) in [5.41, 5.74) is 0.764. The highest BCUT2D eigenvalue weighted by Gasteiger charge is 2.24. The van der Waals surface area contributed by atoms with Crippen molar-refractivity contribution in [1.29, 1.82) is 0 Å². The fourth-order valence-electron chi connectivity index (χ4n) is 2.76. The number of nitrogens with one attached hydrogen (secondary N) is 2. The van der Waals surface area contributed by atoms with Crippen molar-refractivity contribution in [3.05, 3.63) is 66.2 Å². The summed E-state index contributed by atoms with van der Waals surface area (Å²) in [6, 6.07) is 19.2. The predicted octanol–water partition coefficient (Wildman–Crippen LogP) is 4.97. The molecule has 172 valence electrons. The smallest absolute Gasteiger partial charge is 0.314 e. The highest BCUT2D eigenvalue weighted by molar-refractivity contribution is 5.94. The van der Waals surface area contributed by atoms with Gasteiger partial charge in [-0.05, 0) is 24.3 Å². The summed E-state index contributed by atoms with van der Waals surface area (Å²) in [6.45, 7) is 9.51. The van der Waals surface area contributed by atoms with Crippen molar-refractivity contribution in [3.8, 4) is 5.75 Å². The number of hydrogen-bond acceptors (Lipinski definition) is 3. The Bertz CT molecular complexity index is 694. The zero-order valence-corrected chi connectivity index (χ0v) is 19.9. The van der Waals surface area contributed by atoms with E-state index >= 15 is 0 Å². The van der Waals surface area contributed by atoms with Crippen LogP contribution >= 0.6 is 0 Å². The molecule has 31 heavy (non-hydrogen) atoms. The zero-order valence-electron chi connectivity index (χ0n) is 19.9. The quantitative estimate of drug-likeness (QED) is 0.724. The van der Waals surface area contributed by atoms with Crippen LogP contribution in [0.25, 0.3) is 0 Å². The van der Waals surface area contributed by atoms with E-state index in [2.05, 4.69) is 10.6 Å². The number of likely N-dealkylation sites (tertiary alicyclic amines) is 1. The predicted molar refractivity (Wildman–Crippen MR) is 129 cm³/mol. The first-order valence-corrected chi connectivity index (χ1v) is 11.1. The second kappa shape index (κ2) is 17.8. The number of para-hydroxylation sites is 1. The fourth-order valence-corrected chi connectivity index (χ4v) is 2.76. The van der Waals surface area contributed by atoms with Gasteiger partial charge in [-0.25, -0.2) is 4.79 Å². The summed E-state index contributed by atoms with van der Waals surface area (Å²) in [5, 5.41) is 4.73. The lowest BCUT2D eigenvalue weighted by Crippen LogP contribution is -2.41. The lowest BCUT2D eigenvalue weighted by molar-refractivity contribution is 0.0595. The number of carbonyl (C=O) groups is 2. The number of piperidine rings is 1. The van der Waals surface area contributed by atoms with Gasteiger partial charge in [0.15, 0.2) is 0 Å². The second-order valence-electron chi connectivity index (χ2n) is 6.12. The van der Waals surface area contributed by atoms with Crippen molar-refractivity contribution in [2.45, 2.75) is 46.6 Å². The molecule has 0 spiro atoms. The molecular formula is C25H39N3O3. The molecule has 0 bridgehead atoms. The van der Waals surface area contributed by atoms with Crippen LogP contribution in [-0.4, -0.2) is 50.1 Å². The largest absolute Gasteiger partial charge is 0.490 e. The SMILES string of the molecule is CC.CC.CNC(=O)NC.O=C(c1ccccc1)N1CCC(Oc2ccccc2)CC1. The lowest BCUT2D eigenvalue weighted by atomic mass is 10.1. The van der Waals surface area contributed by atoms with E-state index in [1.54, 1.807) is 14.1 Å². The molecule has 0 atom stereocenters.